The molecule has 2 heterocycles. The fraction of sp³-hybridized carbons (Fsp3) is 0.300. The number of rotatable bonds is 3. The van der Waals surface area contributed by atoms with E-state index in [-0.39, 0.29) is 0 Å². The van der Waals surface area contributed by atoms with Gasteiger partial charge in [-0.15, -0.1) is 0 Å². The van der Waals surface area contributed by atoms with Crippen molar-refractivity contribution in [3.8, 4) is 11.6 Å². The molecule has 2 aromatic rings. The molecule has 0 fully saturated rings. The zero-order valence-corrected chi connectivity index (χ0v) is 8.47. The van der Waals surface area contributed by atoms with Crippen LogP contribution in [0.5, 0.6) is 0 Å². The maximum atomic E-state index is 5.40. The Morgan fingerprint density at radius 1 is 1.33 bits per heavy atom. The van der Waals surface area contributed by atoms with Crippen LogP contribution in [-0.2, 0) is 6.42 Å². The van der Waals surface area contributed by atoms with Crippen LogP contribution in [0.2, 0.25) is 0 Å². The van der Waals surface area contributed by atoms with Crippen LogP contribution < -0.4 is 5.73 Å². The van der Waals surface area contributed by atoms with Crippen molar-refractivity contribution in [2.75, 3.05) is 6.54 Å². The van der Waals surface area contributed by atoms with E-state index in [0.717, 1.165) is 5.69 Å². The third kappa shape index (κ3) is 2.19. The lowest BCUT2D eigenvalue weighted by Gasteiger charge is -1.94. The summed E-state index contributed by atoms with van der Waals surface area (Å²) >= 11 is 0. The van der Waals surface area contributed by atoms with Crippen LogP contribution in [-0.4, -0.2) is 21.7 Å². The van der Waals surface area contributed by atoms with Crippen molar-refractivity contribution >= 4 is 0 Å². The molecule has 0 saturated carbocycles. The molecule has 0 aromatic carbocycles. The second-order valence-corrected chi connectivity index (χ2v) is 3.22. The van der Waals surface area contributed by atoms with Crippen molar-refractivity contribution in [3.63, 3.8) is 0 Å². The molecule has 0 saturated heterocycles. The SMILES string of the molecule is Cc1cccc(-c2nc(CCN)no2)n1. The predicted molar refractivity (Wildman–Crippen MR) is 55.0 cm³/mol. The maximum Gasteiger partial charge on any atom is 0.276 e. The lowest BCUT2D eigenvalue weighted by atomic mass is 10.3. The highest BCUT2D eigenvalue weighted by atomic mass is 16.5. The molecule has 0 radical (unpaired) electrons. The first-order chi connectivity index (χ1) is 7.29. The normalized spacial score (nSPS) is 10.5. The summed E-state index contributed by atoms with van der Waals surface area (Å²) in [6, 6.07) is 5.66. The van der Waals surface area contributed by atoms with Crippen LogP contribution in [0.25, 0.3) is 11.6 Å². The molecular formula is C10H12N4O. The molecule has 2 aromatic heterocycles. The van der Waals surface area contributed by atoms with Gasteiger partial charge in [-0.05, 0) is 25.6 Å². The lowest BCUT2D eigenvalue weighted by Crippen LogP contribution is -2.03. The Morgan fingerprint density at radius 3 is 2.93 bits per heavy atom. The highest BCUT2D eigenvalue weighted by molar-refractivity contribution is 5.46. The zero-order valence-electron chi connectivity index (χ0n) is 8.47. The van der Waals surface area contributed by atoms with Crippen molar-refractivity contribution in [3.05, 3.63) is 29.7 Å². The summed E-state index contributed by atoms with van der Waals surface area (Å²) < 4.78 is 5.08. The van der Waals surface area contributed by atoms with E-state index in [4.69, 9.17) is 10.3 Å². The fourth-order valence-corrected chi connectivity index (χ4v) is 1.25. The summed E-state index contributed by atoms with van der Waals surface area (Å²) in [6.45, 7) is 2.43. The van der Waals surface area contributed by atoms with Gasteiger partial charge in [-0.2, -0.15) is 4.98 Å². The van der Waals surface area contributed by atoms with E-state index in [0.29, 0.717) is 30.4 Å². The standard InChI is InChI=1S/C10H12N4O/c1-7-3-2-4-8(12-7)10-13-9(5-6-11)14-15-10/h2-4H,5-6,11H2,1H3. The summed E-state index contributed by atoms with van der Waals surface area (Å²) in [7, 11) is 0. The molecular weight excluding hydrogens is 192 g/mol. The monoisotopic (exact) mass is 204 g/mol. The Balaban J connectivity index is 2.29. The maximum absolute atomic E-state index is 5.40. The molecule has 0 unspecified atom stereocenters. The van der Waals surface area contributed by atoms with Crippen molar-refractivity contribution in [2.45, 2.75) is 13.3 Å². The van der Waals surface area contributed by atoms with Gasteiger partial charge in [-0.25, -0.2) is 4.98 Å². The van der Waals surface area contributed by atoms with Gasteiger partial charge in [0.05, 0.1) is 0 Å². The van der Waals surface area contributed by atoms with Crippen molar-refractivity contribution < 1.29 is 4.52 Å². The van der Waals surface area contributed by atoms with E-state index in [1.165, 1.54) is 0 Å². The third-order valence-electron chi connectivity index (χ3n) is 1.94. The van der Waals surface area contributed by atoms with Crippen molar-refractivity contribution in [2.24, 2.45) is 5.73 Å². The van der Waals surface area contributed by atoms with Crippen molar-refractivity contribution in [1.29, 1.82) is 0 Å². The van der Waals surface area contributed by atoms with E-state index < -0.39 is 0 Å². The number of nitrogens with zero attached hydrogens (tertiary/aromatic N) is 3. The van der Waals surface area contributed by atoms with Gasteiger partial charge < -0.3 is 10.3 Å². The number of pyridine rings is 1. The molecule has 5 heteroatoms. The van der Waals surface area contributed by atoms with Crippen LogP contribution in [0.4, 0.5) is 0 Å². The molecule has 0 aliphatic carbocycles. The Kier molecular flexibility index (Phi) is 2.73. The fourth-order valence-electron chi connectivity index (χ4n) is 1.25. The Bertz CT molecular complexity index is 452. The van der Waals surface area contributed by atoms with Crippen LogP contribution in [0.3, 0.4) is 0 Å². The average molecular weight is 204 g/mol. The second-order valence-electron chi connectivity index (χ2n) is 3.22. The van der Waals surface area contributed by atoms with Crippen molar-refractivity contribution in [1.82, 2.24) is 15.1 Å². The molecule has 0 aliphatic heterocycles. The van der Waals surface area contributed by atoms with Gasteiger partial charge in [0.15, 0.2) is 5.82 Å². The van der Waals surface area contributed by atoms with Gasteiger partial charge in [-0.3, -0.25) is 0 Å². The number of hydrogen-bond donors (Lipinski definition) is 1. The number of nitrogens with two attached hydrogens (primary N) is 1. The topological polar surface area (TPSA) is 77.8 Å². The zero-order chi connectivity index (χ0) is 10.7. The minimum atomic E-state index is 0.446. The molecule has 0 atom stereocenters. The molecule has 0 spiro atoms. The van der Waals surface area contributed by atoms with Gasteiger partial charge in [0.1, 0.15) is 5.69 Å². The van der Waals surface area contributed by atoms with E-state index >= 15 is 0 Å². The van der Waals surface area contributed by atoms with E-state index in [1.807, 2.05) is 25.1 Å². The Morgan fingerprint density at radius 2 is 2.20 bits per heavy atom. The second kappa shape index (κ2) is 4.18. The minimum absolute atomic E-state index is 0.446. The van der Waals surface area contributed by atoms with E-state index in [2.05, 4.69) is 15.1 Å². The molecule has 78 valence electrons. The van der Waals surface area contributed by atoms with E-state index in [9.17, 15) is 0 Å². The van der Waals surface area contributed by atoms with Gasteiger partial charge in [0.2, 0.25) is 0 Å². The van der Waals surface area contributed by atoms with Crippen LogP contribution >= 0.6 is 0 Å². The summed E-state index contributed by atoms with van der Waals surface area (Å²) in [4.78, 5) is 8.48. The average Bonchev–Trinajstić information content (AvgIpc) is 2.67. The first-order valence-corrected chi connectivity index (χ1v) is 4.76. The van der Waals surface area contributed by atoms with Gasteiger partial charge >= 0.3 is 0 Å². The van der Waals surface area contributed by atoms with Crippen LogP contribution in [0, 0.1) is 6.92 Å². The quantitative estimate of drug-likeness (QED) is 0.805. The minimum Gasteiger partial charge on any atom is -0.332 e. The first kappa shape index (κ1) is 9.79. The smallest absolute Gasteiger partial charge is 0.276 e. The van der Waals surface area contributed by atoms with Crippen LogP contribution in [0.1, 0.15) is 11.5 Å². The number of aromatic nitrogens is 3. The molecule has 2 rings (SSSR count). The summed E-state index contributed by atoms with van der Waals surface area (Å²) in [6.07, 6.45) is 0.620. The summed E-state index contributed by atoms with van der Waals surface area (Å²) in [5, 5.41) is 3.81. The lowest BCUT2D eigenvalue weighted by molar-refractivity contribution is 0.421. The predicted octanol–water partition coefficient (Wildman–Crippen LogP) is 0.941. The number of aryl methyl sites for hydroxylation is 1. The summed E-state index contributed by atoms with van der Waals surface area (Å²) in [5.74, 6) is 1.07. The highest BCUT2D eigenvalue weighted by Crippen LogP contribution is 2.14. The molecule has 0 aliphatic rings. The van der Waals surface area contributed by atoms with E-state index in [1.54, 1.807) is 0 Å². The number of hydrogen-bond acceptors (Lipinski definition) is 5. The summed E-state index contributed by atoms with van der Waals surface area (Å²) in [5.41, 5.74) is 7.02. The third-order valence-corrected chi connectivity index (χ3v) is 1.94. The highest BCUT2D eigenvalue weighted by Gasteiger charge is 2.08. The van der Waals surface area contributed by atoms with Gasteiger partial charge in [-0.1, -0.05) is 11.2 Å². The Hall–Kier alpha value is -1.75. The largest absolute Gasteiger partial charge is 0.332 e. The van der Waals surface area contributed by atoms with Gasteiger partial charge in [0, 0.05) is 12.1 Å². The van der Waals surface area contributed by atoms with Crippen LogP contribution in [0.15, 0.2) is 22.7 Å². The molecule has 5 nitrogen and oxygen atoms in total. The molecule has 2 N–H and O–H groups in total. The Labute approximate surface area is 87.3 Å². The van der Waals surface area contributed by atoms with Gasteiger partial charge in [0.25, 0.3) is 5.89 Å². The molecule has 0 amide bonds. The first-order valence-electron chi connectivity index (χ1n) is 4.76. The molecule has 0 bridgehead atoms. The molecule has 15 heavy (non-hydrogen) atoms.